The first-order valence-corrected chi connectivity index (χ1v) is 6.56. The highest BCUT2D eigenvalue weighted by molar-refractivity contribution is 6.12. The van der Waals surface area contributed by atoms with Gasteiger partial charge in [-0.05, 0) is 23.6 Å². The molecule has 0 radical (unpaired) electrons. The summed E-state index contributed by atoms with van der Waals surface area (Å²) in [5, 5.41) is 0. The van der Waals surface area contributed by atoms with E-state index >= 15 is 0 Å². The lowest BCUT2D eigenvalue weighted by Gasteiger charge is -2.10. The molecule has 1 aliphatic heterocycles. The van der Waals surface area contributed by atoms with E-state index in [1.165, 1.54) is 5.56 Å². The van der Waals surface area contributed by atoms with Crippen molar-refractivity contribution in [1.29, 1.82) is 0 Å². The number of hydrogen-bond donors (Lipinski definition) is 0. The van der Waals surface area contributed by atoms with E-state index in [2.05, 4.69) is 13.8 Å². The van der Waals surface area contributed by atoms with Crippen molar-refractivity contribution in [1.82, 2.24) is 0 Å². The first kappa shape index (κ1) is 12.0. The summed E-state index contributed by atoms with van der Waals surface area (Å²) in [5.74, 6) is 1.18. The molecule has 0 saturated carbocycles. The summed E-state index contributed by atoms with van der Waals surface area (Å²) in [4.78, 5) is 12.5. The minimum absolute atomic E-state index is 0.0541. The average Bonchev–Trinajstić information content (AvgIpc) is 2.57. The van der Waals surface area contributed by atoms with Gasteiger partial charge >= 0.3 is 0 Å². The van der Waals surface area contributed by atoms with Gasteiger partial charge < -0.3 is 4.74 Å². The zero-order valence-electron chi connectivity index (χ0n) is 11.1. The number of hydrogen-bond acceptors (Lipinski definition) is 2. The number of benzene rings is 2. The van der Waals surface area contributed by atoms with Crippen LogP contribution >= 0.6 is 0 Å². The Bertz CT molecular complexity index is 641. The predicted molar refractivity (Wildman–Crippen MR) is 74.7 cm³/mol. The third-order valence-corrected chi connectivity index (χ3v) is 3.56. The molecule has 19 heavy (non-hydrogen) atoms. The topological polar surface area (TPSA) is 26.3 Å². The normalized spacial score (nSPS) is 13.5. The van der Waals surface area contributed by atoms with Gasteiger partial charge in [0.15, 0.2) is 5.78 Å². The van der Waals surface area contributed by atoms with Crippen molar-refractivity contribution >= 4 is 5.78 Å². The number of rotatable bonds is 1. The molecule has 2 aromatic carbocycles. The molecule has 0 N–H and O–H groups in total. The Hall–Kier alpha value is -2.09. The third-order valence-electron chi connectivity index (χ3n) is 3.56. The summed E-state index contributed by atoms with van der Waals surface area (Å²) in [6, 6.07) is 13.5. The van der Waals surface area contributed by atoms with Gasteiger partial charge in [0.1, 0.15) is 12.4 Å². The van der Waals surface area contributed by atoms with Crippen LogP contribution in [-0.2, 0) is 6.61 Å². The maximum atomic E-state index is 12.5. The van der Waals surface area contributed by atoms with Crippen LogP contribution in [0.4, 0.5) is 0 Å². The fraction of sp³-hybridized carbons (Fsp3) is 0.235. The molecule has 0 spiro atoms. The molecule has 2 nitrogen and oxygen atoms in total. The Kier molecular flexibility index (Phi) is 2.86. The Labute approximate surface area is 113 Å². The molecule has 0 bridgehead atoms. The van der Waals surface area contributed by atoms with Crippen molar-refractivity contribution in [3.63, 3.8) is 0 Å². The first-order valence-electron chi connectivity index (χ1n) is 6.56. The zero-order chi connectivity index (χ0) is 13.4. The van der Waals surface area contributed by atoms with Crippen LogP contribution in [0.25, 0.3) is 0 Å². The summed E-state index contributed by atoms with van der Waals surface area (Å²) in [6.45, 7) is 4.72. The molecule has 1 aliphatic rings. The molecule has 2 heteroatoms. The van der Waals surface area contributed by atoms with E-state index in [4.69, 9.17) is 4.74 Å². The van der Waals surface area contributed by atoms with Crippen molar-refractivity contribution in [2.75, 3.05) is 0 Å². The lowest BCUT2D eigenvalue weighted by atomic mass is 9.96. The summed E-state index contributed by atoms with van der Waals surface area (Å²) in [6.07, 6.45) is 0. The van der Waals surface area contributed by atoms with E-state index in [9.17, 15) is 4.79 Å². The van der Waals surface area contributed by atoms with Crippen LogP contribution in [0.5, 0.6) is 5.75 Å². The molecule has 96 valence electrons. The van der Waals surface area contributed by atoms with E-state index < -0.39 is 0 Å². The Morgan fingerprint density at radius 1 is 1.05 bits per heavy atom. The van der Waals surface area contributed by atoms with Crippen LogP contribution in [0.15, 0.2) is 42.5 Å². The fourth-order valence-electron chi connectivity index (χ4n) is 2.37. The average molecular weight is 252 g/mol. The second-order valence-electron chi connectivity index (χ2n) is 5.19. The maximum absolute atomic E-state index is 12.5. The molecule has 1 heterocycles. The van der Waals surface area contributed by atoms with Gasteiger partial charge in [-0.15, -0.1) is 0 Å². The molecule has 0 fully saturated rings. The molecular formula is C17H16O2. The van der Waals surface area contributed by atoms with E-state index in [1.807, 2.05) is 42.5 Å². The van der Waals surface area contributed by atoms with Crippen molar-refractivity contribution in [2.45, 2.75) is 26.4 Å². The fourth-order valence-corrected chi connectivity index (χ4v) is 2.37. The highest BCUT2D eigenvalue weighted by Gasteiger charge is 2.22. The van der Waals surface area contributed by atoms with Crippen LogP contribution in [0.2, 0.25) is 0 Å². The van der Waals surface area contributed by atoms with Gasteiger partial charge in [0.05, 0.1) is 5.56 Å². The molecule has 0 saturated heterocycles. The SMILES string of the molecule is CC(C)c1ccc2c(c1)OCc1ccccc1C2=O. The van der Waals surface area contributed by atoms with E-state index in [0.717, 1.165) is 11.1 Å². The van der Waals surface area contributed by atoms with Gasteiger partial charge in [-0.3, -0.25) is 4.79 Å². The van der Waals surface area contributed by atoms with Gasteiger partial charge in [0.25, 0.3) is 0 Å². The molecular weight excluding hydrogens is 236 g/mol. The van der Waals surface area contributed by atoms with Crippen LogP contribution < -0.4 is 4.74 Å². The summed E-state index contributed by atoms with van der Waals surface area (Å²) in [5.41, 5.74) is 3.56. The lowest BCUT2D eigenvalue weighted by Crippen LogP contribution is -2.02. The third kappa shape index (κ3) is 2.03. The zero-order valence-corrected chi connectivity index (χ0v) is 11.1. The minimum atomic E-state index is 0.0541. The van der Waals surface area contributed by atoms with Crippen molar-refractivity contribution < 1.29 is 9.53 Å². The van der Waals surface area contributed by atoms with Crippen LogP contribution in [0.3, 0.4) is 0 Å². The Morgan fingerprint density at radius 3 is 2.63 bits per heavy atom. The van der Waals surface area contributed by atoms with E-state index in [0.29, 0.717) is 23.8 Å². The second-order valence-corrected chi connectivity index (χ2v) is 5.19. The van der Waals surface area contributed by atoms with Gasteiger partial charge in [0.2, 0.25) is 0 Å². The number of ether oxygens (including phenoxy) is 1. The van der Waals surface area contributed by atoms with Crippen molar-refractivity contribution in [3.05, 3.63) is 64.7 Å². The first-order chi connectivity index (χ1) is 9.16. The Morgan fingerprint density at radius 2 is 1.84 bits per heavy atom. The minimum Gasteiger partial charge on any atom is -0.488 e. The van der Waals surface area contributed by atoms with Crippen molar-refractivity contribution in [2.24, 2.45) is 0 Å². The van der Waals surface area contributed by atoms with Gasteiger partial charge in [-0.2, -0.15) is 0 Å². The van der Waals surface area contributed by atoms with Crippen molar-refractivity contribution in [3.8, 4) is 5.75 Å². The van der Waals surface area contributed by atoms with Crippen LogP contribution in [0, 0.1) is 0 Å². The molecule has 3 rings (SSSR count). The molecule has 0 amide bonds. The monoisotopic (exact) mass is 252 g/mol. The summed E-state index contributed by atoms with van der Waals surface area (Å²) in [7, 11) is 0. The predicted octanol–water partition coefficient (Wildman–Crippen LogP) is 3.93. The van der Waals surface area contributed by atoms with Crippen LogP contribution in [0.1, 0.15) is 46.8 Å². The summed E-state index contributed by atoms with van der Waals surface area (Å²) >= 11 is 0. The largest absolute Gasteiger partial charge is 0.488 e. The molecule has 0 aromatic heterocycles. The second kappa shape index (κ2) is 4.54. The number of ketones is 1. The number of carbonyl (C=O) groups is 1. The maximum Gasteiger partial charge on any atom is 0.197 e. The molecule has 0 unspecified atom stereocenters. The van der Waals surface area contributed by atoms with Gasteiger partial charge in [0, 0.05) is 11.1 Å². The number of carbonyl (C=O) groups excluding carboxylic acids is 1. The lowest BCUT2D eigenvalue weighted by molar-refractivity contribution is 0.103. The van der Waals surface area contributed by atoms with Crippen LogP contribution in [-0.4, -0.2) is 5.78 Å². The van der Waals surface area contributed by atoms with E-state index in [1.54, 1.807) is 0 Å². The highest BCUT2D eigenvalue weighted by atomic mass is 16.5. The van der Waals surface area contributed by atoms with Gasteiger partial charge in [-0.25, -0.2) is 0 Å². The quantitative estimate of drug-likeness (QED) is 0.768. The summed E-state index contributed by atoms with van der Waals surface area (Å²) < 4.78 is 5.82. The Balaban J connectivity index is 2.12. The molecule has 0 aliphatic carbocycles. The van der Waals surface area contributed by atoms with Gasteiger partial charge in [-0.1, -0.05) is 44.2 Å². The molecule has 2 aromatic rings. The van der Waals surface area contributed by atoms with E-state index in [-0.39, 0.29) is 5.78 Å². The smallest absolute Gasteiger partial charge is 0.197 e. The number of fused-ring (bicyclic) bond motifs is 2. The molecule has 0 atom stereocenters. The standard InChI is InChI=1S/C17H16O2/c1-11(2)12-7-8-15-16(9-12)19-10-13-5-3-4-6-14(13)17(15)18/h3-9,11H,10H2,1-2H3. The highest BCUT2D eigenvalue weighted by Crippen LogP contribution is 2.31.